The van der Waals surface area contributed by atoms with Gasteiger partial charge < -0.3 is 15.5 Å². The van der Waals surface area contributed by atoms with Gasteiger partial charge in [-0.2, -0.15) is 0 Å². The van der Waals surface area contributed by atoms with Gasteiger partial charge in [0, 0.05) is 19.1 Å². The Kier molecular flexibility index (Phi) is 5.36. The number of rotatable bonds is 4. The van der Waals surface area contributed by atoms with E-state index < -0.39 is 0 Å². The zero-order valence-corrected chi connectivity index (χ0v) is 13.1. The molecular weight excluding hydrogens is 246 g/mol. The third-order valence-corrected chi connectivity index (χ3v) is 5.76. The van der Waals surface area contributed by atoms with Gasteiger partial charge in [-0.1, -0.05) is 6.42 Å². The quantitative estimate of drug-likeness (QED) is 0.857. The topological polar surface area (TPSA) is 32.5 Å². The van der Waals surface area contributed by atoms with E-state index in [1.807, 2.05) is 0 Å². The van der Waals surface area contributed by atoms with Crippen LogP contribution < -0.4 is 5.73 Å². The summed E-state index contributed by atoms with van der Waals surface area (Å²) in [5.41, 5.74) is 6.12. The number of hydrogen-bond donors (Lipinski definition) is 1. The van der Waals surface area contributed by atoms with Crippen molar-refractivity contribution >= 4 is 0 Å². The summed E-state index contributed by atoms with van der Waals surface area (Å²) in [4.78, 5) is 5.42. The third-order valence-electron chi connectivity index (χ3n) is 5.76. The van der Waals surface area contributed by atoms with Crippen LogP contribution in [-0.4, -0.2) is 55.1 Å². The number of nitrogens with zero attached hydrogens (tertiary/aromatic N) is 2. The minimum atomic E-state index is 0.487. The SMILES string of the molecule is NC1CCCC(CN2CCC(CN3CCCC3)CC2)C1. The summed E-state index contributed by atoms with van der Waals surface area (Å²) in [5, 5.41) is 0. The van der Waals surface area contributed by atoms with Crippen molar-refractivity contribution < 1.29 is 0 Å². The Morgan fingerprint density at radius 1 is 0.700 bits per heavy atom. The van der Waals surface area contributed by atoms with Gasteiger partial charge in [-0.05, 0) is 83.0 Å². The Bertz CT molecular complexity index is 280. The van der Waals surface area contributed by atoms with E-state index in [1.54, 1.807) is 0 Å². The molecule has 2 heterocycles. The van der Waals surface area contributed by atoms with Crippen molar-refractivity contribution in [2.75, 3.05) is 39.3 Å². The monoisotopic (exact) mass is 279 g/mol. The Hall–Kier alpha value is -0.120. The van der Waals surface area contributed by atoms with E-state index in [-0.39, 0.29) is 0 Å². The van der Waals surface area contributed by atoms with Crippen molar-refractivity contribution in [1.82, 2.24) is 9.80 Å². The van der Waals surface area contributed by atoms with Crippen LogP contribution >= 0.6 is 0 Å². The molecule has 2 saturated heterocycles. The second-order valence-electron chi connectivity index (χ2n) is 7.54. The van der Waals surface area contributed by atoms with E-state index in [1.165, 1.54) is 90.6 Å². The van der Waals surface area contributed by atoms with Crippen LogP contribution in [0.3, 0.4) is 0 Å². The molecule has 3 rings (SSSR count). The Morgan fingerprint density at radius 3 is 2.05 bits per heavy atom. The maximum absolute atomic E-state index is 6.12. The number of likely N-dealkylation sites (tertiary alicyclic amines) is 2. The smallest absolute Gasteiger partial charge is 0.00419 e. The minimum Gasteiger partial charge on any atom is -0.328 e. The van der Waals surface area contributed by atoms with Gasteiger partial charge in [0.2, 0.25) is 0 Å². The lowest BCUT2D eigenvalue weighted by Gasteiger charge is -2.37. The highest BCUT2D eigenvalue weighted by Gasteiger charge is 2.26. The van der Waals surface area contributed by atoms with E-state index in [2.05, 4.69) is 9.80 Å². The predicted octanol–water partition coefficient (Wildman–Crippen LogP) is 2.31. The van der Waals surface area contributed by atoms with Gasteiger partial charge in [0.1, 0.15) is 0 Å². The second kappa shape index (κ2) is 7.24. The summed E-state index contributed by atoms with van der Waals surface area (Å²) in [6.07, 6.45) is 11.0. The summed E-state index contributed by atoms with van der Waals surface area (Å²) in [7, 11) is 0. The van der Waals surface area contributed by atoms with Crippen LogP contribution in [0.5, 0.6) is 0 Å². The second-order valence-corrected chi connectivity index (χ2v) is 7.54. The molecule has 0 amide bonds. The fourth-order valence-electron chi connectivity index (χ4n) is 4.55. The molecule has 3 heteroatoms. The first-order valence-electron chi connectivity index (χ1n) is 9.00. The highest BCUT2D eigenvalue weighted by Crippen LogP contribution is 2.26. The van der Waals surface area contributed by atoms with E-state index in [4.69, 9.17) is 5.73 Å². The van der Waals surface area contributed by atoms with Crippen LogP contribution in [0, 0.1) is 11.8 Å². The zero-order valence-electron chi connectivity index (χ0n) is 13.1. The molecule has 116 valence electrons. The highest BCUT2D eigenvalue weighted by molar-refractivity contribution is 4.81. The molecule has 2 atom stereocenters. The summed E-state index contributed by atoms with van der Waals surface area (Å²) in [6, 6.07) is 0.487. The van der Waals surface area contributed by atoms with Gasteiger partial charge in [-0.25, -0.2) is 0 Å². The highest BCUT2D eigenvalue weighted by atomic mass is 15.2. The maximum Gasteiger partial charge on any atom is 0.00419 e. The van der Waals surface area contributed by atoms with E-state index >= 15 is 0 Å². The van der Waals surface area contributed by atoms with Crippen LogP contribution in [0.15, 0.2) is 0 Å². The third kappa shape index (κ3) is 4.19. The summed E-state index contributed by atoms with van der Waals surface area (Å²) >= 11 is 0. The van der Waals surface area contributed by atoms with Gasteiger partial charge in [0.25, 0.3) is 0 Å². The molecular formula is C17H33N3. The first-order valence-corrected chi connectivity index (χ1v) is 9.00. The average molecular weight is 279 g/mol. The van der Waals surface area contributed by atoms with Crippen LogP contribution in [-0.2, 0) is 0 Å². The molecule has 0 aromatic rings. The van der Waals surface area contributed by atoms with Crippen LogP contribution in [0.25, 0.3) is 0 Å². The lowest BCUT2D eigenvalue weighted by Crippen LogP contribution is -2.41. The minimum absolute atomic E-state index is 0.487. The van der Waals surface area contributed by atoms with Crippen molar-refractivity contribution in [2.24, 2.45) is 17.6 Å². The number of piperidine rings is 1. The van der Waals surface area contributed by atoms with Crippen LogP contribution in [0.2, 0.25) is 0 Å². The van der Waals surface area contributed by atoms with Crippen molar-refractivity contribution in [2.45, 2.75) is 57.4 Å². The van der Waals surface area contributed by atoms with Gasteiger partial charge in [0.05, 0.1) is 0 Å². The molecule has 1 saturated carbocycles. The summed E-state index contributed by atoms with van der Waals surface area (Å²) < 4.78 is 0. The molecule has 0 aromatic carbocycles. The maximum atomic E-state index is 6.12. The largest absolute Gasteiger partial charge is 0.328 e. The number of nitrogens with two attached hydrogens (primary N) is 1. The Labute approximate surface area is 124 Å². The average Bonchev–Trinajstić information content (AvgIpc) is 2.94. The molecule has 3 fully saturated rings. The van der Waals surface area contributed by atoms with Gasteiger partial charge in [-0.15, -0.1) is 0 Å². The molecule has 20 heavy (non-hydrogen) atoms. The fourth-order valence-corrected chi connectivity index (χ4v) is 4.55. The van der Waals surface area contributed by atoms with E-state index in [9.17, 15) is 0 Å². The van der Waals surface area contributed by atoms with Crippen molar-refractivity contribution in [3.63, 3.8) is 0 Å². The summed E-state index contributed by atoms with van der Waals surface area (Å²) in [5.74, 6) is 1.85. The normalized spacial score (nSPS) is 34.6. The van der Waals surface area contributed by atoms with Gasteiger partial charge >= 0.3 is 0 Å². The van der Waals surface area contributed by atoms with Crippen molar-refractivity contribution in [3.8, 4) is 0 Å². The Morgan fingerprint density at radius 2 is 1.35 bits per heavy atom. The molecule has 2 N–H and O–H groups in total. The van der Waals surface area contributed by atoms with Gasteiger partial charge in [-0.3, -0.25) is 0 Å². The molecule has 3 nitrogen and oxygen atoms in total. The fraction of sp³-hybridized carbons (Fsp3) is 1.00. The van der Waals surface area contributed by atoms with Crippen molar-refractivity contribution in [3.05, 3.63) is 0 Å². The van der Waals surface area contributed by atoms with Crippen LogP contribution in [0.4, 0.5) is 0 Å². The zero-order chi connectivity index (χ0) is 13.8. The molecule has 3 aliphatic rings. The Balaban J connectivity index is 1.35. The predicted molar refractivity (Wildman–Crippen MR) is 84.8 cm³/mol. The van der Waals surface area contributed by atoms with Gasteiger partial charge in [0.15, 0.2) is 0 Å². The molecule has 0 bridgehead atoms. The van der Waals surface area contributed by atoms with E-state index in [0.717, 1.165) is 11.8 Å². The standard InChI is InChI=1S/C17H33N3/c18-17-5-3-4-16(12-17)14-20-10-6-15(7-11-20)13-19-8-1-2-9-19/h15-17H,1-14,18H2. The first-order chi connectivity index (χ1) is 9.79. The lowest BCUT2D eigenvalue weighted by atomic mass is 9.85. The summed E-state index contributed by atoms with van der Waals surface area (Å²) in [6.45, 7) is 8.10. The molecule has 2 unspecified atom stereocenters. The molecule has 0 spiro atoms. The molecule has 0 aromatic heterocycles. The number of hydrogen-bond acceptors (Lipinski definition) is 3. The first kappa shape index (κ1) is 14.8. The van der Waals surface area contributed by atoms with E-state index in [0.29, 0.717) is 6.04 Å². The molecule has 2 aliphatic heterocycles. The lowest BCUT2D eigenvalue weighted by molar-refractivity contribution is 0.125. The molecule has 1 aliphatic carbocycles. The molecule has 0 radical (unpaired) electrons. The van der Waals surface area contributed by atoms with Crippen LogP contribution in [0.1, 0.15) is 51.4 Å². The van der Waals surface area contributed by atoms with Crippen molar-refractivity contribution in [1.29, 1.82) is 0 Å².